The topological polar surface area (TPSA) is 42.1 Å². The van der Waals surface area contributed by atoms with Gasteiger partial charge >= 0.3 is 0 Å². The van der Waals surface area contributed by atoms with Crippen molar-refractivity contribution < 1.29 is 0 Å². The van der Waals surface area contributed by atoms with E-state index in [9.17, 15) is 0 Å². The number of nitrogens with zero attached hydrogens (tertiary/aromatic N) is 2. The van der Waals surface area contributed by atoms with E-state index in [1.54, 1.807) is 0 Å². The number of nitrogens with two attached hydrogens (primary N) is 1. The maximum atomic E-state index is 5.80. The van der Waals surface area contributed by atoms with E-state index in [2.05, 4.69) is 34.1 Å². The lowest BCUT2D eigenvalue weighted by Crippen LogP contribution is -2.15. The molecule has 3 rings (SSSR count). The second-order valence-corrected chi connectivity index (χ2v) is 4.53. The van der Waals surface area contributed by atoms with E-state index < -0.39 is 0 Å². The number of aromatic nitrogens is 1. The molecule has 0 radical (unpaired) electrons. The van der Waals surface area contributed by atoms with Gasteiger partial charge in [0.2, 0.25) is 0 Å². The molecule has 2 N–H and O–H groups in total. The minimum absolute atomic E-state index is 0.856. The molecule has 0 aliphatic carbocycles. The average Bonchev–Trinajstić information content (AvgIpc) is 2.71. The Hall–Kier alpha value is -1.87. The number of nitrogen functional groups attached to an aromatic ring is 1. The third kappa shape index (κ3) is 2.15. The molecule has 0 bridgehead atoms. The number of hydrogen-bond acceptors (Lipinski definition) is 3. The first-order valence-electron chi connectivity index (χ1n) is 5.80. The maximum absolute atomic E-state index is 5.80. The molecule has 1 aromatic carbocycles. The van der Waals surface area contributed by atoms with Gasteiger partial charge in [-0.3, -0.25) is 9.88 Å². The lowest BCUT2D eigenvalue weighted by atomic mass is 10.1. The van der Waals surface area contributed by atoms with E-state index in [4.69, 9.17) is 5.73 Å². The quantitative estimate of drug-likeness (QED) is 0.796. The van der Waals surface area contributed by atoms with Gasteiger partial charge in [-0.2, -0.15) is 0 Å². The minimum atomic E-state index is 0.856. The van der Waals surface area contributed by atoms with Gasteiger partial charge in [0.25, 0.3) is 0 Å². The van der Waals surface area contributed by atoms with E-state index in [-0.39, 0.29) is 0 Å². The normalized spacial score (nSPS) is 14.8. The molecule has 1 aliphatic rings. The lowest BCUT2D eigenvalue weighted by Gasteiger charge is -2.14. The molecule has 0 saturated carbocycles. The zero-order valence-electron chi connectivity index (χ0n) is 9.63. The van der Waals surface area contributed by atoms with Crippen molar-refractivity contribution in [2.45, 2.75) is 19.6 Å². The number of benzene rings is 1. The molecular formula is C14H15N3. The summed E-state index contributed by atoms with van der Waals surface area (Å²) < 4.78 is 0. The number of anilines is 1. The summed E-state index contributed by atoms with van der Waals surface area (Å²) in [5.74, 6) is 0. The van der Waals surface area contributed by atoms with Gasteiger partial charge in [0.05, 0.1) is 0 Å². The smallest absolute Gasteiger partial charge is 0.0317 e. The molecule has 0 amide bonds. The molecular weight excluding hydrogens is 210 g/mol. The fourth-order valence-electron chi connectivity index (χ4n) is 2.34. The Bertz CT molecular complexity index is 522. The van der Waals surface area contributed by atoms with Gasteiger partial charge in [0.15, 0.2) is 0 Å². The fraction of sp³-hybridized carbons (Fsp3) is 0.214. The van der Waals surface area contributed by atoms with E-state index in [0.29, 0.717) is 0 Å². The molecule has 2 aromatic rings. The lowest BCUT2D eigenvalue weighted by molar-refractivity contribution is 0.275. The molecule has 0 unspecified atom stereocenters. The van der Waals surface area contributed by atoms with Gasteiger partial charge in [0.1, 0.15) is 0 Å². The first-order chi connectivity index (χ1) is 8.31. The van der Waals surface area contributed by atoms with Crippen LogP contribution < -0.4 is 5.73 Å². The third-order valence-corrected chi connectivity index (χ3v) is 3.17. The summed E-state index contributed by atoms with van der Waals surface area (Å²) in [6.45, 7) is 2.97. The highest BCUT2D eigenvalue weighted by molar-refractivity contribution is 5.46. The number of fused-ring (bicyclic) bond motifs is 1. The second-order valence-electron chi connectivity index (χ2n) is 4.53. The molecule has 0 spiro atoms. The van der Waals surface area contributed by atoms with E-state index in [1.165, 1.54) is 16.7 Å². The van der Waals surface area contributed by atoms with Crippen LogP contribution in [0.4, 0.5) is 5.69 Å². The molecule has 17 heavy (non-hydrogen) atoms. The summed E-state index contributed by atoms with van der Waals surface area (Å²) in [5.41, 5.74) is 10.7. The van der Waals surface area contributed by atoms with Gasteiger partial charge in [-0.25, -0.2) is 0 Å². The molecule has 3 heteroatoms. The van der Waals surface area contributed by atoms with Gasteiger partial charge in [-0.1, -0.05) is 6.07 Å². The minimum Gasteiger partial charge on any atom is -0.399 e. The Balaban J connectivity index is 1.74. The Kier molecular flexibility index (Phi) is 2.53. The van der Waals surface area contributed by atoms with Crippen LogP contribution in [0, 0.1) is 0 Å². The zero-order chi connectivity index (χ0) is 11.7. The summed E-state index contributed by atoms with van der Waals surface area (Å²) in [5, 5.41) is 0. The summed E-state index contributed by atoms with van der Waals surface area (Å²) in [4.78, 5) is 6.45. The van der Waals surface area contributed by atoms with Crippen molar-refractivity contribution in [3.63, 3.8) is 0 Å². The molecule has 0 saturated heterocycles. The van der Waals surface area contributed by atoms with E-state index in [0.717, 1.165) is 25.3 Å². The van der Waals surface area contributed by atoms with Crippen LogP contribution in [-0.4, -0.2) is 9.88 Å². The standard InChI is InChI=1S/C14H15N3/c15-14-2-1-12-9-17(10-13(12)7-14)8-11-3-5-16-6-4-11/h1-7H,8-10,15H2. The van der Waals surface area contributed by atoms with Crippen molar-refractivity contribution in [1.82, 2.24) is 9.88 Å². The molecule has 2 heterocycles. The zero-order valence-corrected chi connectivity index (χ0v) is 9.63. The van der Waals surface area contributed by atoms with Crippen LogP contribution in [0.2, 0.25) is 0 Å². The monoisotopic (exact) mass is 225 g/mol. The highest BCUT2D eigenvalue weighted by Crippen LogP contribution is 2.25. The van der Waals surface area contributed by atoms with Crippen molar-refractivity contribution in [1.29, 1.82) is 0 Å². The summed E-state index contributed by atoms with van der Waals surface area (Å²) in [7, 11) is 0. The predicted molar refractivity (Wildman–Crippen MR) is 68.0 cm³/mol. The van der Waals surface area contributed by atoms with E-state index >= 15 is 0 Å². The van der Waals surface area contributed by atoms with Crippen LogP contribution in [0.1, 0.15) is 16.7 Å². The molecule has 1 aromatic heterocycles. The Morgan fingerprint density at radius 1 is 1.06 bits per heavy atom. The molecule has 1 aliphatic heterocycles. The highest BCUT2D eigenvalue weighted by Gasteiger charge is 2.18. The van der Waals surface area contributed by atoms with Crippen molar-refractivity contribution in [3.8, 4) is 0 Å². The van der Waals surface area contributed by atoms with Crippen LogP contribution in [0.25, 0.3) is 0 Å². The molecule has 86 valence electrons. The van der Waals surface area contributed by atoms with Crippen LogP contribution in [0.3, 0.4) is 0 Å². The van der Waals surface area contributed by atoms with Crippen molar-refractivity contribution >= 4 is 5.69 Å². The van der Waals surface area contributed by atoms with E-state index in [1.807, 2.05) is 18.5 Å². The molecule has 3 nitrogen and oxygen atoms in total. The Morgan fingerprint density at radius 2 is 1.82 bits per heavy atom. The SMILES string of the molecule is Nc1ccc2c(c1)CN(Cc1ccncc1)C2. The summed E-state index contributed by atoms with van der Waals surface area (Å²) in [6, 6.07) is 10.3. The maximum Gasteiger partial charge on any atom is 0.0317 e. The summed E-state index contributed by atoms with van der Waals surface area (Å²) >= 11 is 0. The van der Waals surface area contributed by atoms with Gasteiger partial charge in [0, 0.05) is 37.7 Å². The first kappa shape index (κ1) is 10.3. The highest BCUT2D eigenvalue weighted by atomic mass is 15.1. The number of hydrogen-bond donors (Lipinski definition) is 1. The summed E-state index contributed by atoms with van der Waals surface area (Å²) in [6.07, 6.45) is 3.69. The fourth-order valence-corrected chi connectivity index (χ4v) is 2.34. The van der Waals surface area contributed by atoms with Crippen LogP contribution in [0.15, 0.2) is 42.7 Å². The number of rotatable bonds is 2. The van der Waals surface area contributed by atoms with Gasteiger partial charge in [-0.05, 0) is 41.0 Å². The Labute approximate surface area is 101 Å². The Morgan fingerprint density at radius 3 is 2.65 bits per heavy atom. The van der Waals surface area contributed by atoms with Gasteiger partial charge < -0.3 is 5.73 Å². The largest absolute Gasteiger partial charge is 0.399 e. The van der Waals surface area contributed by atoms with Crippen LogP contribution in [-0.2, 0) is 19.6 Å². The van der Waals surface area contributed by atoms with Crippen molar-refractivity contribution in [2.24, 2.45) is 0 Å². The molecule has 0 fully saturated rings. The molecule has 0 atom stereocenters. The second kappa shape index (κ2) is 4.18. The first-order valence-corrected chi connectivity index (χ1v) is 5.80. The van der Waals surface area contributed by atoms with Crippen LogP contribution in [0.5, 0.6) is 0 Å². The predicted octanol–water partition coefficient (Wildman–Crippen LogP) is 2.18. The van der Waals surface area contributed by atoms with Gasteiger partial charge in [-0.15, -0.1) is 0 Å². The van der Waals surface area contributed by atoms with Crippen LogP contribution >= 0.6 is 0 Å². The third-order valence-electron chi connectivity index (χ3n) is 3.17. The number of pyridine rings is 1. The average molecular weight is 225 g/mol. The van der Waals surface area contributed by atoms with Crippen molar-refractivity contribution in [3.05, 3.63) is 59.4 Å². The van der Waals surface area contributed by atoms with Crippen molar-refractivity contribution in [2.75, 3.05) is 5.73 Å².